The zero-order chi connectivity index (χ0) is 19.4. The van der Waals surface area contributed by atoms with Crippen molar-refractivity contribution in [2.45, 2.75) is 65.8 Å². The van der Waals surface area contributed by atoms with E-state index in [0.29, 0.717) is 5.92 Å². The van der Waals surface area contributed by atoms with Gasteiger partial charge in [0.2, 0.25) is 0 Å². The Morgan fingerprint density at radius 3 is 2.59 bits per heavy atom. The molecule has 1 aromatic carbocycles. The number of aliphatic carboxylic acids is 1. The maximum Gasteiger partial charge on any atom is 0.303 e. The number of fused-ring (bicyclic) bond motifs is 2. The highest BCUT2D eigenvalue weighted by Crippen LogP contribution is 2.52. The van der Waals surface area contributed by atoms with Crippen LogP contribution in [0.3, 0.4) is 0 Å². The van der Waals surface area contributed by atoms with Gasteiger partial charge in [0.15, 0.2) is 0 Å². The Bertz CT molecular complexity index is 671. The highest BCUT2D eigenvalue weighted by atomic mass is 16.4. The van der Waals surface area contributed by atoms with Gasteiger partial charge in [0.25, 0.3) is 0 Å². The number of unbranched alkanes of at least 4 members (excludes halogenated alkanes) is 1. The van der Waals surface area contributed by atoms with Gasteiger partial charge in [-0.25, -0.2) is 0 Å². The van der Waals surface area contributed by atoms with E-state index >= 15 is 0 Å². The Hall–Kier alpha value is -1.61. The van der Waals surface area contributed by atoms with Crippen LogP contribution in [-0.4, -0.2) is 17.6 Å². The van der Waals surface area contributed by atoms with E-state index in [9.17, 15) is 4.79 Å². The van der Waals surface area contributed by atoms with Crippen LogP contribution in [0.1, 0.15) is 60.8 Å². The van der Waals surface area contributed by atoms with Crippen molar-refractivity contribution < 1.29 is 9.90 Å². The van der Waals surface area contributed by atoms with Crippen molar-refractivity contribution in [1.82, 2.24) is 5.32 Å². The lowest BCUT2D eigenvalue weighted by Gasteiger charge is -2.29. The normalized spacial score (nSPS) is 26.9. The summed E-state index contributed by atoms with van der Waals surface area (Å²) in [5.74, 6) is 2.45. The van der Waals surface area contributed by atoms with Crippen LogP contribution in [-0.2, 0) is 11.3 Å². The predicted molar refractivity (Wildman–Crippen MR) is 111 cm³/mol. The molecule has 0 aliphatic heterocycles. The lowest BCUT2D eigenvalue weighted by molar-refractivity contribution is -0.137. The van der Waals surface area contributed by atoms with E-state index in [1.807, 2.05) is 0 Å². The maximum atomic E-state index is 10.6. The van der Waals surface area contributed by atoms with Gasteiger partial charge < -0.3 is 10.4 Å². The summed E-state index contributed by atoms with van der Waals surface area (Å²) >= 11 is 0. The van der Waals surface area contributed by atoms with E-state index in [2.05, 4.69) is 50.4 Å². The van der Waals surface area contributed by atoms with E-state index in [1.165, 1.54) is 41.5 Å². The number of aryl methyl sites for hydroxylation is 3. The van der Waals surface area contributed by atoms with Gasteiger partial charge in [0.05, 0.1) is 0 Å². The van der Waals surface area contributed by atoms with Gasteiger partial charge in [-0.3, -0.25) is 4.79 Å². The fraction of sp³-hybridized carbons (Fsp3) is 0.625. The first-order chi connectivity index (χ1) is 13.0. The van der Waals surface area contributed by atoms with Crippen LogP contribution in [0.25, 0.3) is 0 Å². The lowest BCUT2D eigenvalue weighted by Crippen LogP contribution is -2.31. The fourth-order valence-corrected chi connectivity index (χ4v) is 5.53. The molecule has 2 bridgehead atoms. The van der Waals surface area contributed by atoms with Crippen molar-refractivity contribution in [3.63, 3.8) is 0 Å². The van der Waals surface area contributed by atoms with Crippen LogP contribution in [0.5, 0.6) is 0 Å². The van der Waals surface area contributed by atoms with Crippen molar-refractivity contribution in [2.75, 3.05) is 6.54 Å². The number of carboxylic acid groups (broad SMARTS) is 1. The smallest absolute Gasteiger partial charge is 0.303 e. The van der Waals surface area contributed by atoms with Crippen molar-refractivity contribution in [1.29, 1.82) is 0 Å². The van der Waals surface area contributed by atoms with E-state index in [1.54, 1.807) is 0 Å². The molecule has 2 N–H and O–H groups in total. The average molecular weight is 370 g/mol. The van der Waals surface area contributed by atoms with Crippen LogP contribution in [0.2, 0.25) is 0 Å². The predicted octanol–water partition coefficient (Wildman–Crippen LogP) is 5.17. The number of rotatable bonds is 9. The molecule has 0 unspecified atom stereocenters. The van der Waals surface area contributed by atoms with E-state index < -0.39 is 5.97 Å². The molecular weight excluding hydrogens is 334 g/mol. The molecule has 2 aliphatic rings. The summed E-state index contributed by atoms with van der Waals surface area (Å²) in [6.07, 6.45) is 10.7. The molecule has 1 aromatic rings. The summed E-state index contributed by atoms with van der Waals surface area (Å²) in [6.45, 7) is 8.66. The molecule has 3 rings (SSSR count). The SMILES string of the molecule is Cc1cc(C)c(CNC[C@H]2[C@@H]3CC[C@@H](C3)[C@@H]2/C=C\CCCC(=O)O)c(C)c1. The first kappa shape index (κ1) is 20.1. The molecule has 2 fully saturated rings. The molecule has 3 nitrogen and oxygen atoms in total. The van der Waals surface area contributed by atoms with Gasteiger partial charge in [-0.15, -0.1) is 0 Å². The largest absolute Gasteiger partial charge is 0.481 e. The molecule has 148 valence electrons. The van der Waals surface area contributed by atoms with Gasteiger partial charge >= 0.3 is 5.97 Å². The fourth-order valence-electron chi connectivity index (χ4n) is 5.53. The first-order valence-electron chi connectivity index (χ1n) is 10.6. The van der Waals surface area contributed by atoms with Crippen LogP contribution >= 0.6 is 0 Å². The zero-order valence-electron chi connectivity index (χ0n) is 17.1. The van der Waals surface area contributed by atoms with Gasteiger partial charge in [0, 0.05) is 13.0 Å². The third-order valence-corrected chi connectivity index (χ3v) is 6.80. The minimum atomic E-state index is -0.688. The highest BCUT2D eigenvalue weighted by Gasteiger charge is 2.45. The Morgan fingerprint density at radius 1 is 1.19 bits per heavy atom. The van der Waals surface area contributed by atoms with Crippen LogP contribution in [0.15, 0.2) is 24.3 Å². The topological polar surface area (TPSA) is 49.3 Å². The van der Waals surface area contributed by atoms with Crippen molar-refractivity contribution >= 4 is 5.97 Å². The number of hydrogen-bond donors (Lipinski definition) is 2. The average Bonchev–Trinajstić information content (AvgIpc) is 3.18. The minimum Gasteiger partial charge on any atom is -0.481 e. The van der Waals surface area contributed by atoms with Gasteiger partial charge in [-0.2, -0.15) is 0 Å². The van der Waals surface area contributed by atoms with E-state index in [-0.39, 0.29) is 6.42 Å². The standard InChI is InChI=1S/C24H35NO2/c1-16-11-17(2)22(18(3)12-16)14-25-15-23-20-10-9-19(13-20)21(23)7-5-4-6-8-24(26)27/h5,7,11-12,19-21,23,25H,4,6,8-10,13-15H2,1-3H3,(H,26,27)/b7-5-/t19-,20+,21-,23-/m0/s1. The maximum absolute atomic E-state index is 10.6. The van der Waals surface area contributed by atoms with E-state index in [0.717, 1.165) is 43.7 Å². The molecule has 0 radical (unpaired) electrons. The molecule has 4 atom stereocenters. The number of carboxylic acids is 1. The Kier molecular flexibility index (Phi) is 6.75. The van der Waals surface area contributed by atoms with Gasteiger partial charge in [-0.05, 0) is 99.8 Å². The number of hydrogen-bond acceptors (Lipinski definition) is 2. The third kappa shape index (κ3) is 5.01. The highest BCUT2D eigenvalue weighted by molar-refractivity contribution is 5.66. The summed E-state index contributed by atoms with van der Waals surface area (Å²) in [6, 6.07) is 4.56. The van der Waals surface area contributed by atoms with Crippen LogP contribution < -0.4 is 5.32 Å². The molecule has 0 heterocycles. The minimum absolute atomic E-state index is 0.279. The second-order valence-corrected chi connectivity index (χ2v) is 8.80. The molecule has 0 amide bonds. The number of nitrogens with one attached hydrogen (secondary N) is 1. The second-order valence-electron chi connectivity index (χ2n) is 8.80. The molecule has 2 saturated carbocycles. The molecule has 27 heavy (non-hydrogen) atoms. The zero-order valence-corrected chi connectivity index (χ0v) is 17.1. The Morgan fingerprint density at radius 2 is 1.89 bits per heavy atom. The molecule has 0 aromatic heterocycles. The van der Waals surface area contributed by atoms with Gasteiger partial charge in [0.1, 0.15) is 0 Å². The number of carbonyl (C=O) groups is 1. The van der Waals surface area contributed by atoms with E-state index in [4.69, 9.17) is 5.11 Å². The molecule has 0 spiro atoms. The van der Waals surface area contributed by atoms with Crippen molar-refractivity contribution in [2.24, 2.45) is 23.7 Å². The van der Waals surface area contributed by atoms with Gasteiger partial charge in [-0.1, -0.05) is 29.8 Å². The lowest BCUT2D eigenvalue weighted by atomic mass is 9.79. The second kappa shape index (κ2) is 9.05. The summed E-state index contributed by atoms with van der Waals surface area (Å²) in [7, 11) is 0. The molecule has 3 heteroatoms. The summed E-state index contributed by atoms with van der Waals surface area (Å²) < 4.78 is 0. The molecular formula is C24H35NO2. The van der Waals surface area contributed by atoms with Crippen LogP contribution in [0, 0.1) is 44.4 Å². The van der Waals surface area contributed by atoms with Crippen LogP contribution in [0.4, 0.5) is 0 Å². The quantitative estimate of drug-likeness (QED) is 0.466. The number of allylic oxidation sites excluding steroid dienone is 2. The molecule has 2 aliphatic carbocycles. The summed E-state index contributed by atoms with van der Waals surface area (Å²) in [5.41, 5.74) is 5.57. The van der Waals surface area contributed by atoms with Crippen molar-refractivity contribution in [3.05, 3.63) is 46.5 Å². The molecule has 0 saturated heterocycles. The number of benzene rings is 1. The summed E-state index contributed by atoms with van der Waals surface area (Å²) in [5, 5.41) is 12.5. The Balaban J connectivity index is 1.53. The third-order valence-electron chi connectivity index (χ3n) is 6.80. The monoisotopic (exact) mass is 369 g/mol. The Labute approximate surface area is 164 Å². The summed E-state index contributed by atoms with van der Waals surface area (Å²) in [4.78, 5) is 10.6. The first-order valence-corrected chi connectivity index (χ1v) is 10.6. The van der Waals surface area contributed by atoms with Crippen molar-refractivity contribution in [3.8, 4) is 0 Å².